The van der Waals surface area contributed by atoms with E-state index in [-0.39, 0.29) is 37.1 Å². The molecule has 0 saturated carbocycles. The number of benzene rings is 2. The number of aromatic nitrogens is 2. The van der Waals surface area contributed by atoms with Gasteiger partial charge in [-0.1, -0.05) is 36.3 Å². The average molecular weight is 478 g/mol. The van der Waals surface area contributed by atoms with Gasteiger partial charge in [-0.3, -0.25) is 4.79 Å². The maximum absolute atomic E-state index is 12.6. The van der Waals surface area contributed by atoms with Crippen LogP contribution >= 0.6 is 0 Å². The van der Waals surface area contributed by atoms with Crippen molar-refractivity contribution in [2.24, 2.45) is 0 Å². The van der Waals surface area contributed by atoms with Crippen molar-refractivity contribution >= 4 is 11.9 Å². The van der Waals surface area contributed by atoms with E-state index < -0.39 is 5.97 Å². The van der Waals surface area contributed by atoms with Crippen molar-refractivity contribution in [1.82, 2.24) is 15.0 Å². The van der Waals surface area contributed by atoms with E-state index in [0.29, 0.717) is 17.1 Å². The summed E-state index contributed by atoms with van der Waals surface area (Å²) in [7, 11) is 0. The Morgan fingerprint density at radius 2 is 1.71 bits per heavy atom. The Morgan fingerprint density at radius 1 is 1.03 bits per heavy atom. The molecular weight excluding hydrogens is 446 g/mol. The monoisotopic (exact) mass is 477 g/mol. The summed E-state index contributed by atoms with van der Waals surface area (Å²) < 4.78 is 16.2. The fraction of sp³-hybridized carbons (Fsp3) is 0.407. The van der Waals surface area contributed by atoms with Crippen LogP contribution in [0.25, 0.3) is 11.4 Å². The molecule has 0 bridgehead atoms. The molecule has 1 aliphatic heterocycles. The third kappa shape index (κ3) is 6.07. The lowest BCUT2D eigenvalue weighted by Crippen LogP contribution is -2.49. The van der Waals surface area contributed by atoms with Crippen LogP contribution < -0.4 is 4.74 Å². The second kappa shape index (κ2) is 11.2. The molecule has 2 heterocycles. The molecule has 1 fully saturated rings. The number of carbonyl (C=O) groups is 2. The molecule has 8 nitrogen and oxygen atoms in total. The molecule has 184 valence electrons. The van der Waals surface area contributed by atoms with Gasteiger partial charge < -0.3 is 18.9 Å². The number of amides is 1. The largest absolute Gasteiger partial charge is 0.484 e. The van der Waals surface area contributed by atoms with Gasteiger partial charge in [0.2, 0.25) is 5.82 Å². The van der Waals surface area contributed by atoms with Gasteiger partial charge in [-0.25, -0.2) is 4.79 Å². The van der Waals surface area contributed by atoms with Crippen molar-refractivity contribution in [2.75, 3.05) is 6.61 Å². The summed E-state index contributed by atoms with van der Waals surface area (Å²) in [4.78, 5) is 31.2. The number of hydrogen-bond acceptors (Lipinski definition) is 7. The van der Waals surface area contributed by atoms with Gasteiger partial charge in [-0.2, -0.15) is 4.98 Å². The molecule has 1 aliphatic rings. The quantitative estimate of drug-likeness (QED) is 0.429. The van der Waals surface area contributed by atoms with Crippen molar-refractivity contribution in [1.29, 1.82) is 0 Å². The average Bonchev–Trinajstić information content (AvgIpc) is 3.35. The van der Waals surface area contributed by atoms with Gasteiger partial charge in [0.1, 0.15) is 5.75 Å². The molecule has 1 saturated heterocycles. The van der Waals surface area contributed by atoms with Crippen LogP contribution in [0.1, 0.15) is 61.8 Å². The molecule has 3 aromatic rings. The molecule has 2 atom stereocenters. The fourth-order valence-corrected chi connectivity index (χ4v) is 4.35. The maximum Gasteiger partial charge on any atom is 0.338 e. The third-order valence-corrected chi connectivity index (χ3v) is 6.35. The van der Waals surface area contributed by atoms with E-state index in [0.717, 1.165) is 31.2 Å². The first-order valence-electron chi connectivity index (χ1n) is 12.1. The molecule has 8 heteroatoms. The van der Waals surface area contributed by atoms with Crippen LogP contribution in [0.5, 0.6) is 5.75 Å². The first-order valence-corrected chi connectivity index (χ1v) is 12.1. The van der Waals surface area contributed by atoms with Crippen LogP contribution in [0.15, 0.2) is 53.1 Å². The standard InChI is InChI=1S/C27H31N3O5/c1-4-20-8-10-21(11-9-20)26-28-24(35-29-26)16-34-27(32)22-12-14-23(15-13-22)33-17-25(31)30-18(2)6-5-7-19(30)3/h8-15,18-19H,4-7,16-17H2,1-3H3/t18-,19-/m1/s1. The van der Waals surface area contributed by atoms with Crippen molar-refractivity contribution in [3.8, 4) is 17.1 Å². The number of likely N-dealkylation sites (tertiary alicyclic amines) is 1. The van der Waals surface area contributed by atoms with Gasteiger partial charge in [0, 0.05) is 17.6 Å². The van der Waals surface area contributed by atoms with Gasteiger partial charge in [-0.05, 0) is 69.4 Å². The van der Waals surface area contributed by atoms with E-state index in [4.69, 9.17) is 14.0 Å². The summed E-state index contributed by atoms with van der Waals surface area (Å²) in [5.41, 5.74) is 2.42. The van der Waals surface area contributed by atoms with Crippen LogP contribution in [0.4, 0.5) is 0 Å². The summed E-state index contributed by atoms with van der Waals surface area (Å²) in [5.74, 6) is 0.641. The van der Waals surface area contributed by atoms with Gasteiger partial charge >= 0.3 is 5.97 Å². The van der Waals surface area contributed by atoms with E-state index >= 15 is 0 Å². The molecule has 0 radical (unpaired) electrons. The second-order valence-electron chi connectivity index (χ2n) is 8.88. The molecule has 2 aromatic carbocycles. The third-order valence-electron chi connectivity index (χ3n) is 6.35. The Morgan fingerprint density at radius 3 is 2.37 bits per heavy atom. The number of nitrogens with zero attached hydrogens (tertiary/aromatic N) is 3. The first kappa shape index (κ1) is 24.4. The molecule has 35 heavy (non-hydrogen) atoms. The lowest BCUT2D eigenvalue weighted by Gasteiger charge is -2.38. The predicted molar refractivity (Wildman–Crippen MR) is 130 cm³/mol. The van der Waals surface area contributed by atoms with Crippen molar-refractivity contribution in [3.05, 3.63) is 65.5 Å². The highest BCUT2D eigenvalue weighted by Gasteiger charge is 2.29. The molecule has 0 aliphatic carbocycles. The zero-order valence-electron chi connectivity index (χ0n) is 20.4. The Hall–Kier alpha value is -3.68. The van der Waals surface area contributed by atoms with Crippen LogP contribution in [-0.2, 0) is 22.6 Å². The number of hydrogen-bond donors (Lipinski definition) is 0. The van der Waals surface area contributed by atoms with Crippen LogP contribution in [0.3, 0.4) is 0 Å². The lowest BCUT2D eigenvalue weighted by molar-refractivity contribution is -0.139. The number of esters is 1. The minimum absolute atomic E-state index is 0.0200. The molecule has 0 N–H and O–H groups in total. The highest BCUT2D eigenvalue weighted by molar-refractivity contribution is 5.89. The van der Waals surface area contributed by atoms with Crippen LogP contribution in [0, 0.1) is 0 Å². The predicted octanol–water partition coefficient (Wildman–Crippen LogP) is 4.82. The first-order chi connectivity index (χ1) is 16.9. The summed E-state index contributed by atoms with van der Waals surface area (Å²) in [6, 6.07) is 14.9. The lowest BCUT2D eigenvalue weighted by atomic mass is 9.97. The number of carbonyl (C=O) groups excluding carboxylic acids is 2. The van der Waals surface area contributed by atoms with Gasteiger partial charge in [-0.15, -0.1) is 0 Å². The van der Waals surface area contributed by atoms with E-state index in [1.807, 2.05) is 29.2 Å². The molecule has 1 amide bonds. The Balaban J connectivity index is 1.27. The molecule has 0 spiro atoms. The number of ether oxygens (including phenoxy) is 2. The summed E-state index contributed by atoms with van der Waals surface area (Å²) in [6.45, 7) is 6.09. The highest BCUT2D eigenvalue weighted by Crippen LogP contribution is 2.23. The normalized spacial score (nSPS) is 17.7. The number of rotatable bonds is 8. The van der Waals surface area contributed by atoms with Crippen LogP contribution in [0.2, 0.25) is 0 Å². The smallest absolute Gasteiger partial charge is 0.338 e. The van der Waals surface area contributed by atoms with Crippen LogP contribution in [-0.4, -0.2) is 45.6 Å². The molecular formula is C27H31N3O5. The Kier molecular flexibility index (Phi) is 7.80. The number of piperidine rings is 1. The summed E-state index contributed by atoms with van der Waals surface area (Å²) in [5, 5.41) is 3.96. The van der Waals surface area contributed by atoms with E-state index in [1.165, 1.54) is 5.56 Å². The van der Waals surface area contributed by atoms with Crippen molar-refractivity contribution in [2.45, 2.75) is 65.1 Å². The zero-order valence-corrected chi connectivity index (χ0v) is 20.4. The highest BCUT2D eigenvalue weighted by atomic mass is 16.6. The van der Waals surface area contributed by atoms with Crippen molar-refractivity contribution in [3.63, 3.8) is 0 Å². The van der Waals surface area contributed by atoms with Gasteiger partial charge in [0.25, 0.3) is 11.8 Å². The SMILES string of the molecule is CCc1ccc(-c2noc(COC(=O)c3ccc(OCC(=O)N4[C@H](C)CCC[C@H]4C)cc3)n2)cc1. The van der Waals surface area contributed by atoms with E-state index in [2.05, 4.69) is 30.9 Å². The molecule has 1 aromatic heterocycles. The number of aryl methyl sites for hydroxylation is 1. The van der Waals surface area contributed by atoms with Gasteiger partial charge in [0.05, 0.1) is 5.56 Å². The minimum atomic E-state index is -0.518. The van der Waals surface area contributed by atoms with E-state index in [9.17, 15) is 9.59 Å². The fourth-order valence-electron chi connectivity index (χ4n) is 4.35. The Bertz CT molecular complexity index is 1130. The Labute approximate surface area is 205 Å². The maximum atomic E-state index is 12.6. The summed E-state index contributed by atoms with van der Waals surface area (Å²) in [6.07, 6.45) is 4.13. The molecule has 4 rings (SSSR count). The topological polar surface area (TPSA) is 94.8 Å². The van der Waals surface area contributed by atoms with Gasteiger partial charge in [0.15, 0.2) is 13.2 Å². The van der Waals surface area contributed by atoms with E-state index in [1.54, 1.807) is 24.3 Å². The summed E-state index contributed by atoms with van der Waals surface area (Å²) >= 11 is 0. The zero-order chi connectivity index (χ0) is 24.8. The molecule has 0 unspecified atom stereocenters. The minimum Gasteiger partial charge on any atom is -0.484 e. The van der Waals surface area contributed by atoms with Crippen molar-refractivity contribution < 1.29 is 23.6 Å². The second-order valence-corrected chi connectivity index (χ2v) is 8.88.